The number of fused-ring (bicyclic) bond motifs is 3. The van der Waals surface area contributed by atoms with Crippen LogP contribution in [0.1, 0.15) is 42.9 Å². The van der Waals surface area contributed by atoms with Gasteiger partial charge in [0, 0.05) is 24.3 Å². The molecule has 7 heteroatoms. The van der Waals surface area contributed by atoms with E-state index in [0.717, 1.165) is 5.56 Å². The summed E-state index contributed by atoms with van der Waals surface area (Å²) in [5, 5.41) is 43.0. The minimum absolute atomic E-state index is 0.0584. The van der Waals surface area contributed by atoms with Crippen molar-refractivity contribution in [2.24, 2.45) is 11.8 Å². The predicted molar refractivity (Wildman–Crippen MR) is 102 cm³/mol. The molecule has 0 saturated heterocycles. The van der Waals surface area contributed by atoms with Crippen LogP contribution in [-0.2, 0) is 20.8 Å². The van der Waals surface area contributed by atoms with Crippen LogP contribution in [-0.4, -0.2) is 43.4 Å². The molecule has 7 nitrogen and oxygen atoms in total. The van der Waals surface area contributed by atoms with Crippen molar-refractivity contribution < 1.29 is 34.8 Å². The van der Waals surface area contributed by atoms with Gasteiger partial charge in [-0.25, -0.2) is 0 Å². The van der Waals surface area contributed by atoms with Crippen molar-refractivity contribution in [1.29, 1.82) is 0 Å². The van der Waals surface area contributed by atoms with Gasteiger partial charge in [0.25, 0.3) is 0 Å². The number of carbonyl (C=O) groups excluding carboxylic acids is 3. The first-order chi connectivity index (χ1) is 13.6. The van der Waals surface area contributed by atoms with E-state index in [0.29, 0.717) is 12.0 Å². The number of carbonyl (C=O) groups is 3. The number of phenols is 1. The van der Waals surface area contributed by atoms with Gasteiger partial charge in [-0.2, -0.15) is 0 Å². The van der Waals surface area contributed by atoms with Crippen LogP contribution in [0.4, 0.5) is 0 Å². The number of rotatable bonds is 2. The highest BCUT2D eigenvalue weighted by Crippen LogP contribution is 2.52. The number of benzene rings is 1. The summed E-state index contributed by atoms with van der Waals surface area (Å²) in [5.74, 6) is -5.05. The Bertz CT molecular complexity index is 1050. The summed E-state index contributed by atoms with van der Waals surface area (Å²) >= 11 is 0. The largest absolute Gasteiger partial charge is 0.508 e. The molecule has 152 valence electrons. The Balaban J connectivity index is 1.93. The van der Waals surface area contributed by atoms with Gasteiger partial charge < -0.3 is 20.4 Å². The van der Waals surface area contributed by atoms with E-state index >= 15 is 0 Å². The highest BCUT2D eigenvalue weighted by atomic mass is 16.3. The van der Waals surface area contributed by atoms with Gasteiger partial charge in [-0.15, -0.1) is 0 Å². The fourth-order valence-corrected chi connectivity index (χ4v) is 4.99. The van der Waals surface area contributed by atoms with Crippen LogP contribution in [0, 0.1) is 18.8 Å². The zero-order valence-electron chi connectivity index (χ0n) is 16.2. The molecule has 3 aliphatic carbocycles. The molecular weight excluding hydrogens is 376 g/mol. The molecule has 0 aromatic heterocycles. The smallest absolute Gasteiger partial charge is 0.202 e. The molecule has 4 N–H and O–H groups in total. The van der Waals surface area contributed by atoms with Crippen molar-refractivity contribution in [2.75, 3.05) is 0 Å². The molecular formula is C22H22O7. The predicted octanol–water partition coefficient (Wildman–Crippen LogP) is 2.23. The first kappa shape index (κ1) is 19.4. The minimum atomic E-state index is -2.44. The lowest BCUT2D eigenvalue weighted by atomic mass is 9.59. The lowest BCUT2D eigenvalue weighted by molar-refractivity contribution is -0.147. The quantitative estimate of drug-likeness (QED) is 0.562. The van der Waals surface area contributed by atoms with E-state index in [4.69, 9.17) is 0 Å². The third kappa shape index (κ3) is 2.43. The molecule has 0 bridgehead atoms. The summed E-state index contributed by atoms with van der Waals surface area (Å²) in [5.41, 5.74) is -1.36. The van der Waals surface area contributed by atoms with Crippen LogP contribution >= 0.6 is 0 Å². The van der Waals surface area contributed by atoms with Crippen LogP contribution in [0.3, 0.4) is 0 Å². The molecule has 3 atom stereocenters. The Kier molecular flexibility index (Phi) is 4.20. The second kappa shape index (κ2) is 6.29. The van der Waals surface area contributed by atoms with Crippen molar-refractivity contribution in [3.63, 3.8) is 0 Å². The second-order valence-corrected chi connectivity index (χ2v) is 8.07. The van der Waals surface area contributed by atoms with Crippen LogP contribution in [0.5, 0.6) is 5.75 Å². The molecule has 1 aromatic rings. The van der Waals surface area contributed by atoms with Gasteiger partial charge in [0.1, 0.15) is 22.8 Å². The molecule has 0 aliphatic heterocycles. The lowest BCUT2D eigenvalue weighted by Gasteiger charge is -2.46. The fourth-order valence-electron chi connectivity index (χ4n) is 4.99. The van der Waals surface area contributed by atoms with E-state index < -0.39 is 51.9 Å². The number of aryl methyl sites for hydroxylation is 1. The van der Waals surface area contributed by atoms with Crippen LogP contribution in [0.2, 0.25) is 0 Å². The molecule has 0 heterocycles. The van der Waals surface area contributed by atoms with E-state index in [9.17, 15) is 34.8 Å². The van der Waals surface area contributed by atoms with Crippen molar-refractivity contribution >= 4 is 23.1 Å². The number of allylic oxidation sites excluding steroid dienone is 1. The summed E-state index contributed by atoms with van der Waals surface area (Å²) < 4.78 is 0. The summed E-state index contributed by atoms with van der Waals surface area (Å²) in [6.07, 6.45) is 0.243. The maximum absolute atomic E-state index is 13.3. The van der Waals surface area contributed by atoms with Crippen molar-refractivity contribution in [1.82, 2.24) is 0 Å². The Morgan fingerprint density at radius 3 is 2.52 bits per heavy atom. The Morgan fingerprint density at radius 2 is 1.86 bits per heavy atom. The van der Waals surface area contributed by atoms with Crippen LogP contribution in [0.15, 0.2) is 29.0 Å². The van der Waals surface area contributed by atoms with Gasteiger partial charge in [0.15, 0.2) is 17.2 Å². The van der Waals surface area contributed by atoms with Gasteiger partial charge in [0.2, 0.25) is 5.78 Å². The molecule has 0 unspecified atom stereocenters. The van der Waals surface area contributed by atoms with Gasteiger partial charge in [-0.1, -0.05) is 13.0 Å². The standard InChI is InChI=1S/C22H22O7/c1-3-13(23)18-15(25)8-11-6-10-7-12-9(2)4-5-14(24)17(12)19(26)16(10)20(27)22(11,29)21(18)28/h4-5,10-11,24,26,28-29H,3,6-8H2,1-2H3/t10-,11+,22+/m1/s1. The van der Waals surface area contributed by atoms with E-state index in [1.54, 1.807) is 6.07 Å². The number of hydrogen-bond acceptors (Lipinski definition) is 7. The second-order valence-electron chi connectivity index (χ2n) is 8.07. The molecule has 0 spiro atoms. The molecule has 29 heavy (non-hydrogen) atoms. The van der Waals surface area contributed by atoms with Crippen LogP contribution < -0.4 is 0 Å². The van der Waals surface area contributed by atoms with Gasteiger partial charge in [-0.05, 0) is 42.9 Å². The highest BCUT2D eigenvalue weighted by Gasteiger charge is 2.60. The van der Waals surface area contributed by atoms with Crippen molar-refractivity contribution in [3.05, 3.63) is 45.7 Å². The summed E-state index contributed by atoms with van der Waals surface area (Å²) in [6.45, 7) is 3.35. The zero-order valence-corrected chi connectivity index (χ0v) is 16.2. The van der Waals surface area contributed by atoms with Crippen molar-refractivity contribution in [3.8, 4) is 5.75 Å². The number of hydrogen-bond donors (Lipinski definition) is 4. The molecule has 0 amide bonds. The topological polar surface area (TPSA) is 132 Å². The van der Waals surface area contributed by atoms with E-state index in [1.807, 2.05) is 6.92 Å². The maximum Gasteiger partial charge on any atom is 0.202 e. The third-order valence-electron chi connectivity index (χ3n) is 6.53. The Morgan fingerprint density at radius 1 is 1.17 bits per heavy atom. The Labute approximate surface area is 167 Å². The highest BCUT2D eigenvalue weighted by molar-refractivity contribution is 6.23. The molecule has 3 aliphatic rings. The summed E-state index contributed by atoms with van der Waals surface area (Å²) in [6, 6.07) is 3.14. The number of Topliss-reactive ketones (excluding diaryl/α,β-unsaturated/α-hetero) is 3. The first-order valence-corrected chi connectivity index (χ1v) is 9.65. The number of aliphatic hydroxyl groups is 3. The zero-order chi connectivity index (χ0) is 21.2. The average molecular weight is 398 g/mol. The van der Waals surface area contributed by atoms with Gasteiger partial charge in [0.05, 0.1) is 5.56 Å². The molecule has 0 radical (unpaired) electrons. The molecule has 1 saturated carbocycles. The molecule has 1 fully saturated rings. The van der Waals surface area contributed by atoms with E-state index in [1.165, 1.54) is 13.0 Å². The number of ketones is 3. The SMILES string of the molecule is CCC(=O)C1=C(O)[C@@]2(O)C(=O)C3=C(O)c4c(O)ccc(C)c4C[C@H]3C[C@H]2CC1=O. The van der Waals surface area contributed by atoms with Crippen LogP contribution in [0.25, 0.3) is 5.76 Å². The van der Waals surface area contributed by atoms with Gasteiger partial charge >= 0.3 is 0 Å². The van der Waals surface area contributed by atoms with E-state index in [2.05, 4.69) is 0 Å². The maximum atomic E-state index is 13.3. The molecule has 4 rings (SSSR count). The number of aromatic hydroxyl groups is 1. The monoisotopic (exact) mass is 398 g/mol. The van der Waals surface area contributed by atoms with Gasteiger partial charge in [-0.3, -0.25) is 14.4 Å². The normalized spacial score (nSPS) is 28.8. The molecule has 1 aromatic carbocycles. The first-order valence-electron chi connectivity index (χ1n) is 9.65. The van der Waals surface area contributed by atoms with E-state index in [-0.39, 0.29) is 36.1 Å². The summed E-state index contributed by atoms with van der Waals surface area (Å²) in [4.78, 5) is 38.0. The fraction of sp³-hybridized carbons (Fsp3) is 0.409. The Hall–Kier alpha value is -2.93. The van der Waals surface area contributed by atoms with Crippen molar-refractivity contribution in [2.45, 2.75) is 45.1 Å². The number of phenolic OH excluding ortho intramolecular Hbond substituents is 1. The lowest BCUT2D eigenvalue weighted by Crippen LogP contribution is -2.58. The summed E-state index contributed by atoms with van der Waals surface area (Å²) in [7, 11) is 0. The third-order valence-corrected chi connectivity index (χ3v) is 6.53. The minimum Gasteiger partial charge on any atom is -0.508 e. The average Bonchev–Trinajstić information content (AvgIpc) is 2.67. The number of aliphatic hydroxyl groups excluding tert-OH is 2.